The summed E-state index contributed by atoms with van der Waals surface area (Å²) >= 11 is 0. The van der Waals surface area contributed by atoms with Crippen LogP contribution < -0.4 is 20.7 Å². The van der Waals surface area contributed by atoms with Gasteiger partial charge in [-0.15, -0.1) is 0 Å². The van der Waals surface area contributed by atoms with Crippen LogP contribution in [0.3, 0.4) is 0 Å². The molecule has 1 saturated carbocycles. The number of rotatable bonds is 5. The average molecular weight is 477 g/mol. The van der Waals surface area contributed by atoms with Crippen LogP contribution in [0, 0.1) is 17.7 Å². The summed E-state index contributed by atoms with van der Waals surface area (Å²) in [6.07, 6.45) is 5.41. The van der Waals surface area contributed by atoms with E-state index >= 15 is 0 Å². The van der Waals surface area contributed by atoms with Crippen molar-refractivity contribution in [3.63, 3.8) is 0 Å². The van der Waals surface area contributed by atoms with E-state index in [0.29, 0.717) is 40.8 Å². The third kappa shape index (κ3) is 3.63. The Labute approximate surface area is 202 Å². The monoisotopic (exact) mass is 476 g/mol. The average Bonchev–Trinajstić information content (AvgIpc) is 3.49. The summed E-state index contributed by atoms with van der Waals surface area (Å²) in [5, 5.41) is 4.63. The molecule has 1 saturated heterocycles. The highest BCUT2D eigenvalue weighted by Crippen LogP contribution is 2.46. The zero-order chi connectivity index (χ0) is 24.5. The second-order valence-corrected chi connectivity index (χ2v) is 10.4. The zero-order valence-electron chi connectivity index (χ0n) is 20.3. The maximum atomic E-state index is 14.5. The number of nitrogens with two attached hydrogens (primary N) is 1. The van der Waals surface area contributed by atoms with E-state index in [9.17, 15) is 4.39 Å². The maximum Gasteiger partial charge on any atom is 0.326 e. The van der Waals surface area contributed by atoms with Crippen LogP contribution in [0.4, 0.5) is 15.9 Å². The number of aromatic nitrogens is 5. The van der Waals surface area contributed by atoms with E-state index in [4.69, 9.17) is 15.5 Å². The molecule has 182 valence electrons. The molecular formula is C25H29FN8O. The second-order valence-electron chi connectivity index (χ2n) is 10.4. The number of aromatic amines is 1. The van der Waals surface area contributed by atoms with Crippen molar-refractivity contribution in [1.82, 2.24) is 24.9 Å². The Bertz CT molecular complexity index is 1430. The van der Waals surface area contributed by atoms with Crippen LogP contribution in [-0.4, -0.2) is 44.6 Å². The molecule has 2 unspecified atom stereocenters. The third-order valence-corrected chi connectivity index (χ3v) is 7.34. The number of hydrogen-bond acceptors (Lipinski definition) is 8. The second kappa shape index (κ2) is 7.74. The molecule has 9 nitrogen and oxygen atoms in total. The molecule has 10 heteroatoms. The smallest absolute Gasteiger partial charge is 0.326 e. The molecular weight excluding hydrogens is 447 g/mol. The summed E-state index contributed by atoms with van der Waals surface area (Å²) in [5.74, 6) is 2.71. The lowest BCUT2D eigenvalue weighted by molar-refractivity contribution is 0.402. The number of nitrogens with zero attached hydrogens (tertiary/aromatic N) is 5. The van der Waals surface area contributed by atoms with Gasteiger partial charge in [-0.1, -0.05) is 6.92 Å². The fraction of sp³-hybridized carbons (Fsp3) is 0.440. The highest BCUT2D eigenvalue weighted by Gasteiger charge is 2.44. The van der Waals surface area contributed by atoms with Crippen molar-refractivity contribution < 1.29 is 9.13 Å². The highest BCUT2D eigenvalue weighted by molar-refractivity contribution is 6.14. The van der Waals surface area contributed by atoms with Crippen LogP contribution in [0.5, 0.6) is 11.8 Å². The Hall–Kier alpha value is -3.53. The van der Waals surface area contributed by atoms with E-state index in [1.165, 1.54) is 6.07 Å². The Morgan fingerprint density at radius 3 is 2.60 bits per heavy atom. The van der Waals surface area contributed by atoms with E-state index in [-0.39, 0.29) is 11.8 Å². The minimum Gasteiger partial charge on any atom is -0.421 e. The minimum atomic E-state index is -0.655. The maximum absolute atomic E-state index is 14.5. The van der Waals surface area contributed by atoms with Crippen molar-refractivity contribution in [1.29, 1.82) is 0 Å². The predicted octanol–water partition coefficient (Wildman–Crippen LogP) is 4.30. The van der Waals surface area contributed by atoms with Gasteiger partial charge < -0.3 is 25.7 Å². The summed E-state index contributed by atoms with van der Waals surface area (Å²) in [6.45, 7) is 6.92. The van der Waals surface area contributed by atoms with Gasteiger partial charge in [-0.05, 0) is 50.7 Å². The molecule has 1 aliphatic heterocycles. The van der Waals surface area contributed by atoms with E-state index in [1.807, 2.05) is 13.8 Å². The third-order valence-electron chi connectivity index (χ3n) is 7.34. The molecule has 2 fully saturated rings. The predicted molar refractivity (Wildman–Crippen MR) is 133 cm³/mol. The number of piperidine rings is 1. The van der Waals surface area contributed by atoms with E-state index in [0.717, 1.165) is 41.5 Å². The lowest BCUT2D eigenvalue weighted by Crippen LogP contribution is -2.35. The van der Waals surface area contributed by atoms with Gasteiger partial charge in [0.1, 0.15) is 23.1 Å². The van der Waals surface area contributed by atoms with Crippen molar-refractivity contribution in [2.24, 2.45) is 17.6 Å². The molecule has 2 aliphatic rings. The SMILES string of the molecule is CNc1cc(F)cc2c1[nH]c1nc(Oc3cnc(C(C)(C)N)nc3)nc(N3CC4CC3C[C@H]4C)c12. The van der Waals surface area contributed by atoms with Gasteiger partial charge in [0.2, 0.25) is 0 Å². The Morgan fingerprint density at radius 1 is 1.20 bits per heavy atom. The fourth-order valence-corrected chi connectivity index (χ4v) is 5.55. The van der Waals surface area contributed by atoms with Gasteiger partial charge in [0.15, 0.2) is 5.75 Å². The summed E-state index contributed by atoms with van der Waals surface area (Å²) in [6, 6.07) is 3.60. The summed E-state index contributed by atoms with van der Waals surface area (Å²) in [7, 11) is 1.77. The molecule has 3 atom stereocenters. The number of fused-ring (bicyclic) bond motifs is 5. The summed E-state index contributed by atoms with van der Waals surface area (Å²) in [4.78, 5) is 23.9. The Morgan fingerprint density at radius 2 is 1.97 bits per heavy atom. The first kappa shape index (κ1) is 22.0. The first-order valence-electron chi connectivity index (χ1n) is 12.0. The van der Waals surface area contributed by atoms with Crippen molar-refractivity contribution in [3.8, 4) is 11.8 Å². The summed E-state index contributed by atoms with van der Waals surface area (Å²) in [5.41, 5.74) is 7.48. The number of ether oxygens (including phenoxy) is 1. The molecule has 1 aliphatic carbocycles. The largest absolute Gasteiger partial charge is 0.421 e. The van der Waals surface area contributed by atoms with Crippen LogP contribution in [0.1, 0.15) is 39.4 Å². The molecule has 4 aromatic rings. The molecule has 0 amide bonds. The number of anilines is 2. The topological polar surface area (TPSA) is 118 Å². The van der Waals surface area contributed by atoms with E-state index in [1.54, 1.807) is 25.5 Å². The number of nitrogens with one attached hydrogen (secondary N) is 2. The Balaban J connectivity index is 1.48. The first-order chi connectivity index (χ1) is 16.7. The molecule has 6 rings (SSSR count). The van der Waals surface area contributed by atoms with Crippen LogP contribution in [-0.2, 0) is 5.54 Å². The molecule has 35 heavy (non-hydrogen) atoms. The van der Waals surface area contributed by atoms with Crippen molar-refractivity contribution in [3.05, 3.63) is 36.2 Å². The van der Waals surface area contributed by atoms with Crippen LogP contribution in [0.15, 0.2) is 24.5 Å². The number of benzene rings is 1. The van der Waals surface area contributed by atoms with E-state index < -0.39 is 5.54 Å². The molecule has 1 aromatic carbocycles. The standard InChI is InChI=1S/C25H29FN8O/c1-12-5-15-6-13(12)11-34(15)22-19-17-7-14(26)8-18(28-4)20(17)31-21(19)32-24(33-22)35-16-9-29-23(30-10-16)25(2,3)27/h7-10,12-13,15,28H,5-6,11,27H2,1-4H3,(H,31,32,33)/t12-,13?,15?/m1/s1. The molecule has 3 aromatic heterocycles. The van der Waals surface area contributed by atoms with Gasteiger partial charge in [-0.25, -0.2) is 14.4 Å². The van der Waals surface area contributed by atoms with Crippen molar-refractivity contribution in [2.75, 3.05) is 23.8 Å². The van der Waals surface area contributed by atoms with Crippen LogP contribution in [0.25, 0.3) is 21.9 Å². The van der Waals surface area contributed by atoms with Crippen molar-refractivity contribution >= 4 is 33.4 Å². The van der Waals surface area contributed by atoms with E-state index in [2.05, 4.69) is 37.1 Å². The van der Waals surface area contributed by atoms with Gasteiger partial charge >= 0.3 is 6.01 Å². The number of hydrogen-bond donors (Lipinski definition) is 3. The number of H-pyrrole nitrogens is 1. The van der Waals surface area contributed by atoms with Crippen LogP contribution in [0.2, 0.25) is 0 Å². The molecule has 0 spiro atoms. The lowest BCUT2D eigenvalue weighted by atomic mass is 9.97. The Kier molecular flexibility index (Phi) is 4.86. The normalized spacial score (nSPS) is 21.9. The van der Waals surface area contributed by atoms with Gasteiger partial charge in [0, 0.05) is 25.0 Å². The highest BCUT2D eigenvalue weighted by atomic mass is 19.1. The lowest BCUT2D eigenvalue weighted by Gasteiger charge is -2.31. The van der Waals surface area contributed by atoms with Gasteiger partial charge in [0.25, 0.3) is 0 Å². The summed E-state index contributed by atoms with van der Waals surface area (Å²) < 4.78 is 20.5. The minimum absolute atomic E-state index is 0.185. The fourth-order valence-electron chi connectivity index (χ4n) is 5.55. The molecule has 4 heterocycles. The van der Waals surface area contributed by atoms with Crippen molar-refractivity contribution in [2.45, 2.75) is 45.2 Å². The quantitative estimate of drug-likeness (QED) is 0.390. The van der Waals surface area contributed by atoms with Gasteiger partial charge in [-0.2, -0.15) is 9.97 Å². The number of halogens is 1. The molecule has 2 bridgehead atoms. The first-order valence-corrected chi connectivity index (χ1v) is 12.0. The van der Waals surface area contributed by atoms with Gasteiger partial charge in [0.05, 0.1) is 34.5 Å². The molecule has 4 N–H and O–H groups in total. The zero-order valence-corrected chi connectivity index (χ0v) is 20.3. The molecule has 0 radical (unpaired) electrons. The van der Waals surface area contributed by atoms with Crippen LogP contribution >= 0.6 is 0 Å². The van der Waals surface area contributed by atoms with Gasteiger partial charge in [-0.3, -0.25) is 0 Å².